The van der Waals surface area contributed by atoms with Crippen LogP contribution in [0.5, 0.6) is 0 Å². The minimum absolute atomic E-state index is 0.0790. The third-order valence-electron chi connectivity index (χ3n) is 4.78. The molecule has 3 aromatic rings. The molecule has 0 saturated heterocycles. The number of ether oxygens (including phenoxy) is 1. The number of thiophene rings is 1. The van der Waals surface area contributed by atoms with E-state index in [1.807, 2.05) is 41.8 Å². The molecule has 0 aliphatic heterocycles. The molecule has 31 heavy (non-hydrogen) atoms. The molecule has 3 rings (SSSR count). The van der Waals surface area contributed by atoms with Crippen molar-refractivity contribution >= 4 is 50.2 Å². The van der Waals surface area contributed by atoms with Crippen molar-refractivity contribution in [2.75, 3.05) is 12.4 Å². The predicted molar refractivity (Wildman–Crippen MR) is 132 cm³/mol. The lowest BCUT2D eigenvalue weighted by Gasteiger charge is -2.18. The van der Waals surface area contributed by atoms with E-state index in [1.165, 1.54) is 30.1 Å². The number of carbonyl (C=O) groups is 2. The predicted octanol–water partition coefficient (Wildman–Crippen LogP) is 6.91. The summed E-state index contributed by atoms with van der Waals surface area (Å²) in [7, 11) is 1.33. The summed E-state index contributed by atoms with van der Waals surface area (Å²) in [5.41, 5.74) is 4.19. The van der Waals surface area contributed by atoms with Gasteiger partial charge in [0.15, 0.2) is 0 Å². The zero-order valence-corrected chi connectivity index (χ0v) is 20.3. The van der Waals surface area contributed by atoms with Crippen LogP contribution in [0.2, 0.25) is 0 Å². The van der Waals surface area contributed by atoms with Gasteiger partial charge in [0.1, 0.15) is 10.6 Å². The van der Waals surface area contributed by atoms with Gasteiger partial charge in [0, 0.05) is 21.5 Å². The maximum atomic E-state index is 12.5. The van der Waals surface area contributed by atoms with Gasteiger partial charge in [-0.15, -0.1) is 11.3 Å². The van der Waals surface area contributed by atoms with Crippen molar-refractivity contribution in [3.63, 3.8) is 0 Å². The fraction of sp³-hybridized carbons (Fsp3) is 0.200. The van der Waals surface area contributed by atoms with Gasteiger partial charge >= 0.3 is 5.97 Å². The van der Waals surface area contributed by atoms with Crippen LogP contribution in [-0.2, 0) is 14.9 Å². The number of halogens is 1. The molecule has 2 aromatic carbocycles. The minimum atomic E-state index is -0.490. The highest BCUT2D eigenvalue weighted by Gasteiger charge is 2.22. The number of amides is 1. The SMILES string of the molecule is COC(=O)c1c(-c2ccc(Br)cc2)csc1NC(=O)C=Cc1ccc(C(C)(C)C)cc1. The number of rotatable bonds is 5. The van der Waals surface area contributed by atoms with Gasteiger partial charge in [-0.1, -0.05) is 73.1 Å². The summed E-state index contributed by atoms with van der Waals surface area (Å²) in [4.78, 5) is 25.0. The fourth-order valence-corrected chi connectivity index (χ4v) is 4.24. The van der Waals surface area contributed by atoms with Crippen molar-refractivity contribution in [1.29, 1.82) is 0 Å². The van der Waals surface area contributed by atoms with Gasteiger partial charge in [-0.05, 0) is 40.3 Å². The van der Waals surface area contributed by atoms with Crippen LogP contribution in [0.25, 0.3) is 17.2 Å². The first kappa shape index (κ1) is 23.0. The summed E-state index contributed by atoms with van der Waals surface area (Å²) in [5.74, 6) is -0.800. The standard InChI is InChI=1S/C25H24BrNO3S/c1-25(2,3)18-10-5-16(6-11-18)7-14-21(28)27-23-22(24(29)30-4)20(15-31-23)17-8-12-19(26)13-9-17/h5-15H,1-4H3,(H,27,28). The summed E-state index contributed by atoms with van der Waals surface area (Å²) >= 11 is 4.71. The second-order valence-corrected chi connectivity index (χ2v) is 9.84. The highest BCUT2D eigenvalue weighted by atomic mass is 79.9. The van der Waals surface area contributed by atoms with Crippen LogP contribution >= 0.6 is 27.3 Å². The van der Waals surface area contributed by atoms with E-state index in [4.69, 9.17) is 4.74 Å². The number of anilines is 1. The fourth-order valence-electron chi connectivity index (χ4n) is 3.02. The summed E-state index contributed by atoms with van der Waals surface area (Å²) in [6.07, 6.45) is 3.22. The molecule has 6 heteroatoms. The van der Waals surface area contributed by atoms with Gasteiger partial charge in [-0.2, -0.15) is 0 Å². The molecule has 1 aromatic heterocycles. The number of hydrogen-bond acceptors (Lipinski definition) is 4. The molecule has 1 N–H and O–H groups in total. The van der Waals surface area contributed by atoms with Crippen molar-refractivity contribution < 1.29 is 14.3 Å². The number of nitrogens with one attached hydrogen (secondary N) is 1. The zero-order chi connectivity index (χ0) is 22.6. The van der Waals surface area contributed by atoms with Gasteiger partial charge < -0.3 is 10.1 Å². The van der Waals surface area contributed by atoms with E-state index in [2.05, 4.69) is 54.2 Å². The molecule has 0 bridgehead atoms. The summed E-state index contributed by atoms with van der Waals surface area (Å²) < 4.78 is 5.90. The van der Waals surface area contributed by atoms with Crippen molar-refractivity contribution in [2.45, 2.75) is 26.2 Å². The van der Waals surface area contributed by atoms with Crippen molar-refractivity contribution in [3.05, 3.63) is 81.2 Å². The molecule has 0 saturated carbocycles. The van der Waals surface area contributed by atoms with E-state index in [1.54, 1.807) is 6.08 Å². The van der Waals surface area contributed by atoms with E-state index in [0.29, 0.717) is 10.6 Å². The lowest BCUT2D eigenvalue weighted by Crippen LogP contribution is -2.11. The average Bonchev–Trinajstić information content (AvgIpc) is 3.15. The first-order chi connectivity index (χ1) is 14.7. The second-order valence-electron chi connectivity index (χ2n) is 8.05. The van der Waals surface area contributed by atoms with Crippen LogP contribution in [-0.4, -0.2) is 19.0 Å². The summed E-state index contributed by atoms with van der Waals surface area (Å²) in [5, 5.41) is 5.12. The van der Waals surface area contributed by atoms with Crippen LogP contribution in [0, 0.1) is 0 Å². The highest BCUT2D eigenvalue weighted by molar-refractivity contribution is 9.10. The normalized spacial score (nSPS) is 11.5. The van der Waals surface area contributed by atoms with Gasteiger partial charge in [-0.3, -0.25) is 4.79 Å². The number of carbonyl (C=O) groups excluding carboxylic acids is 2. The molecule has 0 fully saturated rings. The zero-order valence-electron chi connectivity index (χ0n) is 17.9. The third kappa shape index (κ3) is 5.71. The quantitative estimate of drug-likeness (QED) is 0.307. The molecule has 1 amide bonds. The highest BCUT2D eigenvalue weighted by Crippen LogP contribution is 2.36. The molecule has 0 spiro atoms. The Kier molecular flexibility index (Phi) is 7.13. The first-order valence-electron chi connectivity index (χ1n) is 9.74. The molecule has 0 aliphatic rings. The lowest BCUT2D eigenvalue weighted by atomic mass is 9.87. The maximum absolute atomic E-state index is 12.5. The molecular formula is C25H24BrNO3S. The Bertz CT molecular complexity index is 1110. The van der Waals surface area contributed by atoms with Crippen molar-refractivity contribution in [1.82, 2.24) is 0 Å². The largest absolute Gasteiger partial charge is 0.465 e. The second kappa shape index (κ2) is 9.62. The Morgan fingerprint density at radius 2 is 1.68 bits per heavy atom. The van der Waals surface area contributed by atoms with Crippen LogP contribution in [0.1, 0.15) is 42.3 Å². The molecule has 4 nitrogen and oxygen atoms in total. The van der Waals surface area contributed by atoms with Crippen LogP contribution in [0.15, 0.2) is 64.5 Å². The van der Waals surface area contributed by atoms with Crippen LogP contribution in [0.3, 0.4) is 0 Å². The van der Waals surface area contributed by atoms with Gasteiger partial charge in [0.05, 0.1) is 7.11 Å². The topological polar surface area (TPSA) is 55.4 Å². The molecular weight excluding hydrogens is 474 g/mol. The molecule has 1 heterocycles. The van der Waals surface area contributed by atoms with Crippen LogP contribution < -0.4 is 5.32 Å². The van der Waals surface area contributed by atoms with Gasteiger partial charge in [-0.25, -0.2) is 4.79 Å². The van der Waals surface area contributed by atoms with E-state index in [9.17, 15) is 9.59 Å². The van der Waals surface area contributed by atoms with Gasteiger partial charge in [0.25, 0.3) is 0 Å². The van der Waals surface area contributed by atoms with Gasteiger partial charge in [0.2, 0.25) is 5.91 Å². The lowest BCUT2D eigenvalue weighted by molar-refractivity contribution is -0.111. The maximum Gasteiger partial charge on any atom is 0.341 e. The van der Waals surface area contributed by atoms with Crippen molar-refractivity contribution in [3.8, 4) is 11.1 Å². The molecule has 0 radical (unpaired) electrons. The first-order valence-corrected chi connectivity index (χ1v) is 11.4. The monoisotopic (exact) mass is 497 g/mol. The van der Waals surface area contributed by atoms with Crippen LogP contribution in [0.4, 0.5) is 5.00 Å². The van der Waals surface area contributed by atoms with Crippen molar-refractivity contribution in [2.24, 2.45) is 0 Å². The number of esters is 1. The Balaban J connectivity index is 1.80. The van der Waals surface area contributed by atoms with E-state index in [-0.39, 0.29) is 11.3 Å². The summed E-state index contributed by atoms with van der Waals surface area (Å²) in [6, 6.07) is 15.7. The Morgan fingerprint density at radius 1 is 1.03 bits per heavy atom. The minimum Gasteiger partial charge on any atom is -0.465 e. The molecule has 0 aliphatic carbocycles. The van der Waals surface area contributed by atoms with E-state index < -0.39 is 5.97 Å². The molecule has 0 atom stereocenters. The third-order valence-corrected chi connectivity index (χ3v) is 6.20. The number of benzene rings is 2. The van der Waals surface area contributed by atoms with E-state index in [0.717, 1.165) is 21.2 Å². The average molecular weight is 498 g/mol. The smallest absolute Gasteiger partial charge is 0.341 e. The molecule has 0 unspecified atom stereocenters. The number of methoxy groups -OCH3 is 1. The Morgan fingerprint density at radius 3 is 2.26 bits per heavy atom. The Hall–Kier alpha value is -2.70. The molecule has 160 valence electrons. The van der Waals surface area contributed by atoms with E-state index >= 15 is 0 Å². The summed E-state index contributed by atoms with van der Waals surface area (Å²) in [6.45, 7) is 6.48. The Labute approximate surface area is 195 Å². The number of hydrogen-bond donors (Lipinski definition) is 1.